The number of aromatic amines is 1. The Morgan fingerprint density at radius 1 is 1.03 bits per heavy atom. The van der Waals surface area contributed by atoms with Crippen LogP contribution in [0.2, 0.25) is 0 Å². The number of H-pyrrole nitrogens is 1. The zero-order chi connectivity index (χ0) is 27.4. The molecule has 0 aliphatic rings. The van der Waals surface area contributed by atoms with Crippen molar-refractivity contribution in [3.63, 3.8) is 0 Å². The van der Waals surface area contributed by atoms with Gasteiger partial charge in [0.25, 0.3) is 0 Å². The maximum Gasteiger partial charge on any atom is 0.328 e. The summed E-state index contributed by atoms with van der Waals surface area (Å²) in [5, 5.41) is 35.9. The van der Waals surface area contributed by atoms with Gasteiger partial charge in [0.2, 0.25) is 17.7 Å². The van der Waals surface area contributed by atoms with Gasteiger partial charge in [-0.2, -0.15) is 0 Å². The van der Waals surface area contributed by atoms with Gasteiger partial charge in [0.05, 0.1) is 24.6 Å². The lowest BCUT2D eigenvalue weighted by Gasteiger charge is -2.26. The number of nitrogens with two attached hydrogens (primary N) is 3. The van der Waals surface area contributed by atoms with Crippen LogP contribution in [0.25, 0.3) is 0 Å². The van der Waals surface area contributed by atoms with Gasteiger partial charge in [-0.15, -0.1) is 0 Å². The van der Waals surface area contributed by atoms with Gasteiger partial charge in [-0.3, -0.25) is 19.4 Å². The van der Waals surface area contributed by atoms with E-state index in [1.807, 2.05) is 0 Å². The third-order valence-corrected chi connectivity index (χ3v) is 5.02. The summed E-state index contributed by atoms with van der Waals surface area (Å²) in [6, 6.07) is -5.49. The summed E-state index contributed by atoms with van der Waals surface area (Å²) in [6.07, 6.45) is 0.370. The number of guanidine groups is 1. The molecule has 0 aliphatic heterocycles. The quantitative estimate of drug-likeness (QED) is 0.0607. The highest BCUT2D eigenvalue weighted by molar-refractivity contribution is 5.94. The molecule has 6 atom stereocenters. The standard InChI is InChI=1S/C20H35N9O7/c1-9(30)14(28-16(32)12(21)6-11-7-24-8-26-11)18(34)27-13(4-3-5-25-20(22)23)17(33)29-15(10(2)31)19(35)36/h7-10,12-15,30-31H,3-6,21H2,1-2H3,(H,24,26)(H,27,34)(H,28,32)(H,29,33)(H,35,36)(H4,22,23,25). The summed E-state index contributed by atoms with van der Waals surface area (Å²) in [6.45, 7) is 2.54. The van der Waals surface area contributed by atoms with Crippen LogP contribution in [0.3, 0.4) is 0 Å². The van der Waals surface area contributed by atoms with E-state index in [9.17, 15) is 34.5 Å². The van der Waals surface area contributed by atoms with E-state index in [2.05, 4.69) is 30.9 Å². The summed E-state index contributed by atoms with van der Waals surface area (Å²) in [7, 11) is 0. The number of carbonyl (C=O) groups excluding carboxylic acids is 3. The molecule has 202 valence electrons. The van der Waals surface area contributed by atoms with Crippen molar-refractivity contribution in [1.29, 1.82) is 0 Å². The van der Waals surface area contributed by atoms with Gasteiger partial charge in [-0.1, -0.05) is 0 Å². The van der Waals surface area contributed by atoms with Crippen molar-refractivity contribution in [3.05, 3.63) is 18.2 Å². The molecule has 6 unspecified atom stereocenters. The minimum absolute atomic E-state index is 0.0275. The van der Waals surface area contributed by atoms with Crippen molar-refractivity contribution in [2.75, 3.05) is 6.54 Å². The smallest absolute Gasteiger partial charge is 0.328 e. The number of rotatable bonds is 15. The van der Waals surface area contributed by atoms with Crippen molar-refractivity contribution < 1.29 is 34.5 Å². The lowest BCUT2D eigenvalue weighted by Crippen LogP contribution is -2.60. The Morgan fingerprint density at radius 2 is 1.64 bits per heavy atom. The van der Waals surface area contributed by atoms with Gasteiger partial charge in [-0.25, -0.2) is 9.78 Å². The summed E-state index contributed by atoms with van der Waals surface area (Å²) in [4.78, 5) is 59.9. The topological polar surface area (TPSA) is 284 Å². The number of hydrogen-bond acceptors (Lipinski definition) is 9. The van der Waals surface area contributed by atoms with Crippen LogP contribution in [0, 0.1) is 0 Å². The van der Waals surface area contributed by atoms with Crippen molar-refractivity contribution in [2.45, 2.75) is 69.5 Å². The summed E-state index contributed by atoms with van der Waals surface area (Å²) in [5.74, 6) is -4.22. The third-order valence-electron chi connectivity index (χ3n) is 5.02. The lowest BCUT2D eigenvalue weighted by molar-refractivity contribution is -0.145. The van der Waals surface area contributed by atoms with Crippen molar-refractivity contribution >= 4 is 29.7 Å². The van der Waals surface area contributed by atoms with Crippen LogP contribution >= 0.6 is 0 Å². The molecule has 36 heavy (non-hydrogen) atoms. The van der Waals surface area contributed by atoms with E-state index in [0.717, 1.165) is 0 Å². The van der Waals surface area contributed by atoms with Crippen LogP contribution in [-0.4, -0.2) is 97.9 Å². The van der Waals surface area contributed by atoms with Crippen LogP contribution in [0.15, 0.2) is 17.5 Å². The Morgan fingerprint density at radius 3 is 2.14 bits per heavy atom. The van der Waals surface area contributed by atoms with E-state index < -0.39 is 60.1 Å². The average Bonchev–Trinajstić information content (AvgIpc) is 3.29. The van der Waals surface area contributed by atoms with Crippen LogP contribution in [0.1, 0.15) is 32.4 Å². The first kappa shape index (κ1) is 30.3. The molecule has 0 aromatic carbocycles. The largest absolute Gasteiger partial charge is 0.480 e. The number of amides is 3. The molecule has 1 aromatic rings. The number of aliphatic carboxylic acids is 1. The number of nitrogens with zero attached hydrogens (tertiary/aromatic N) is 2. The molecule has 0 radical (unpaired) electrons. The molecule has 0 aliphatic carbocycles. The van der Waals surface area contributed by atoms with Crippen molar-refractivity contribution in [1.82, 2.24) is 25.9 Å². The van der Waals surface area contributed by atoms with Crippen LogP contribution in [0.5, 0.6) is 0 Å². The highest BCUT2D eigenvalue weighted by atomic mass is 16.4. The average molecular weight is 514 g/mol. The highest BCUT2D eigenvalue weighted by Crippen LogP contribution is 2.05. The molecule has 1 aromatic heterocycles. The third kappa shape index (κ3) is 10.2. The highest BCUT2D eigenvalue weighted by Gasteiger charge is 2.33. The number of aliphatic hydroxyl groups is 2. The minimum atomic E-state index is -1.64. The fraction of sp³-hybridized carbons (Fsp3) is 0.600. The first-order chi connectivity index (χ1) is 16.8. The van der Waals surface area contributed by atoms with Crippen LogP contribution < -0.4 is 33.2 Å². The Balaban J connectivity index is 2.95. The second-order valence-electron chi connectivity index (χ2n) is 8.19. The van der Waals surface area contributed by atoms with Gasteiger partial charge in [0.15, 0.2) is 12.0 Å². The molecular weight excluding hydrogens is 478 g/mol. The van der Waals surface area contributed by atoms with Crippen LogP contribution in [0.4, 0.5) is 0 Å². The minimum Gasteiger partial charge on any atom is -0.480 e. The van der Waals surface area contributed by atoms with E-state index in [-0.39, 0.29) is 31.8 Å². The molecule has 0 saturated heterocycles. The number of aromatic nitrogens is 2. The van der Waals surface area contributed by atoms with Crippen molar-refractivity contribution in [3.8, 4) is 0 Å². The summed E-state index contributed by atoms with van der Waals surface area (Å²) < 4.78 is 0. The van der Waals surface area contributed by atoms with Gasteiger partial charge in [0.1, 0.15) is 12.1 Å². The summed E-state index contributed by atoms with van der Waals surface area (Å²) in [5.41, 5.74) is 17.0. The molecule has 0 bridgehead atoms. The molecule has 3 amide bonds. The van der Waals surface area contributed by atoms with E-state index in [1.54, 1.807) is 0 Å². The molecule has 0 saturated carbocycles. The van der Waals surface area contributed by atoms with Gasteiger partial charge in [0, 0.05) is 24.9 Å². The summed E-state index contributed by atoms with van der Waals surface area (Å²) >= 11 is 0. The molecule has 0 fully saturated rings. The predicted octanol–water partition coefficient (Wildman–Crippen LogP) is -4.37. The van der Waals surface area contributed by atoms with Crippen molar-refractivity contribution in [2.24, 2.45) is 22.2 Å². The Labute approximate surface area is 207 Å². The number of nitrogens with one attached hydrogen (secondary N) is 4. The maximum atomic E-state index is 12.9. The SMILES string of the molecule is CC(O)C(NC(=O)C(CCCN=C(N)N)NC(=O)C(NC(=O)C(N)Cc1cnc[nH]1)C(C)O)C(=O)O. The second kappa shape index (κ2) is 14.6. The Kier molecular flexibility index (Phi) is 12.3. The number of imidazole rings is 1. The fourth-order valence-electron chi connectivity index (χ4n) is 3.07. The van der Waals surface area contributed by atoms with E-state index >= 15 is 0 Å². The molecule has 16 heteroatoms. The predicted molar refractivity (Wildman–Crippen MR) is 127 cm³/mol. The maximum absolute atomic E-state index is 12.9. The number of carbonyl (C=O) groups is 4. The molecule has 16 nitrogen and oxygen atoms in total. The molecule has 0 spiro atoms. The molecule has 1 heterocycles. The van der Waals surface area contributed by atoms with Gasteiger partial charge in [-0.05, 0) is 26.7 Å². The van der Waals surface area contributed by atoms with Gasteiger partial charge >= 0.3 is 5.97 Å². The number of aliphatic hydroxyl groups excluding tert-OH is 2. The second-order valence-corrected chi connectivity index (χ2v) is 8.19. The molecule has 1 rings (SSSR count). The first-order valence-corrected chi connectivity index (χ1v) is 11.1. The van der Waals surface area contributed by atoms with Gasteiger partial charge < -0.3 is 53.5 Å². The molecular formula is C20H35N9O7. The lowest BCUT2D eigenvalue weighted by atomic mass is 10.1. The Bertz CT molecular complexity index is 901. The van der Waals surface area contributed by atoms with Crippen LogP contribution in [-0.2, 0) is 25.6 Å². The van der Waals surface area contributed by atoms with E-state index in [1.165, 1.54) is 26.4 Å². The number of carboxylic acid groups (broad SMARTS) is 1. The van der Waals surface area contributed by atoms with E-state index in [0.29, 0.717) is 5.69 Å². The fourth-order valence-corrected chi connectivity index (χ4v) is 3.07. The zero-order valence-corrected chi connectivity index (χ0v) is 20.0. The zero-order valence-electron chi connectivity index (χ0n) is 20.0. The number of carboxylic acids is 1. The van der Waals surface area contributed by atoms with E-state index in [4.69, 9.17) is 17.2 Å². The monoisotopic (exact) mass is 513 g/mol. The number of hydrogen-bond donors (Lipinski definition) is 10. The number of aliphatic imine (C=N–C) groups is 1. The Hall–Kier alpha value is -3.76. The first-order valence-electron chi connectivity index (χ1n) is 11.1. The normalized spacial score (nSPS) is 15.9. The molecule has 13 N–H and O–H groups in total.